The van der Waals surface area contributed by atoms with Crippen molar-refractivity contribution in [1.29, 1.82) is 5.26 Å². The van der Waals surface area contributed by atoms with Gasteiger partial charge in [-0.15, -0.1) is 0 Å². The first-order valence-corrected chi connectivity index (χ1v) is 24.1. The van der Waals surface area contributed by atoms with Crippen LogP contribution in [-0.2, 0) is 24.1 Å². The van der Waals surface area contributed by atoms with E-state index >= 15 is 0 Å². The topological polar surface area (TPSA) is 138 Å². The number of methoxy groups -OCH3 is 2. The molecule has 2 aromatic heterocycles. The molecule has 9 rings (SSSR count). The Morgan fingerprint density at radius 2 is 1.40 bits per heavy atom. The van der Waals surface area contributed by atoms with Gasteiger partial charge in [-0.25, -0.2) is 19.6 Å². The summed E-state index contributed by atoms with van der Waals surface area (Å²) in [5.41, 5.74) is 3.72. The van der Waals surface area contributed by atoms with Crippen LogP contribution >= 0.6 is 8.53 Å². The van der Waals surface area contributed by atoms with Crippen molar-refractivity contribution in [3.63, 3.8) is 0 Å². The number of nitrogens with one attached hydrogen (secondary N) is 1. The van der Waals surface area contributed by atoms with Gasteiger partial charge in [0, 0.05) is 29.6 Å². The van der Waals surface area contributed by atoms with Crippen molar-refractivity contribution in [2.75, 3.05) is 32.8 Å². The van der Waals surface area contributed by atoms with Crippen molar-refractivity contribution in [3.05, 3.63) is 163 Å². The zero-order valence-corrected chi connectivity index (χ0v) is 40.0. The molecule has 0 saturated carbocycles. The Labute approximate surface area is 398 Å². The third-order valence-corrected chi connectivity index (χ3v) is 14.6. The number of anilines is 2. The maximum atomic E-state index is 9.52. The van der Waals surface area contributed by atoms with Crippen molar-refractivity contribution < 1.29 is 28.0 Å². The van der Waals surface area contributed by atoms with Crippen LogP contribution < -0.4 is 14.8 Å². The van der Waals surface area contributed by atoms with Gasteiger partial charge in [-0.2, -0.15) is 5.26 Å². The van der Waals surface area contributed by atoms with E-state index < -0.39 is 32.6 Å². The van der Waals surface area contributed by atoms with E-state index in [1.54, 1.807) is 26.9 Å². The molecule has 14 heteroatoms. The van der Waals surface area contributed by atoms with E-state index in [9.17, 15) is 5.26 Å². The first kappa shape index (κ1) is 46.6. The van der Waals surface area contributed by atoms with Gasteiger partial charge in [0.05, 0.1) is 52.4 Å². The van der Waals surface area contributed by atoms with Gasteiger partial charge in [0.1, 0.15) is 35.8 Å². The van der Waals surface area contributed by atoms with Crippen LogP contribution in [0.25, 0.3) is 32.7 Å². The van der Waals surface area contributed by atoms with Crippen molar-refractivity contribution in [2.24, 2.45) is 0 Å². The largest absolute Gasteiger partial charge is 0.497 e. The predicted molar refractivity (Wildman–Crippen MR) is 267 cm³/mol. The Kier molecular flexibility index (Phi) is 14.3. The lowest BCUT2D eigenvalue weighted by Crippen LogP contribution is -2.39. The molecule has 1 N–H and O–H groups in total. The second-order valence-electron chi connectivity index (χ2n) is 17.2. The van der Waals surface area contributed by atoms with Crippen LogP contribution in [0.4, 0.5) is 11.5 Å². The van der Waals surface area contributed by atoms with Crippen LogP contribution in [-0.4, -0.2) is 75.9 Å². The summed E-state index contributed by atoms with van der Waals surface area (Å²) >= 11 is 0. The summed E-state index contributed by atoms with van der Waals surface area (Å²) in [7, 11) is 1.67. The summed E-state index contributed by atoms with van der Waals surface area (Å²) < 4.78 is 43.6. The maximum Gasteiger partial charge on any atom is 0.259 e. The Morgan fingerprint density at radius 3 is 2.04 bits per heavy atom. The molecular weight excluding hydrogens is 874 g/mol. The fraction of sp³-hybridized carbons (Fsp3) is 0.296. The first-order valence-electron chi connectivity index (χ1n) is 23.0. The standard InChI is InChI=1S/C54H56N7O6P/c1-36(2)61(37(3)4)68(65-30-14-29-55)67-48-32-50(60-35-58-51-52(56-34-57-53(51)60)59-47-31-38-15-10-11-18-44(38)45-19-12-13-20-46(45)47)66-49(48)33-64-54(39-16-8-7-9-17-39,40-21-25-42(62-5)26-22-40)41-23-27-43(63-6)28-24-41/h7-13,15-28,31,34-37,48-50H,14,30,32-33H2,1-6H3,(H,56,57,59)/t48-,49+,50+,68?/m0/s1. The molecular formula is C54H56N7O6P. The number of benzene rings is 6. The van der Waals surface area contributed by atoms with Crippen molar-refractivity contribution >= 4 is 52.7 Å². The molecule has 0 amide bonds. The smallest absolute Gasteiger partial charge is 0.259 e. The average Bonchev–Trinajstić information content (AvgIpc) is 3.99. The maximum absolute atomic E-state index is 9.52. The molecule has 0 radical (unpaired) electrons. The van der Waals surface area contributed by atoms with Crippen molar-refractivity contribution in [3.8, 4) is 17.6 Å². The minimum atomic E-state index is -1.65. The molecule has 348 valence electrons. The monoisotopic (exact) mass is 929 g/mol. The van der Waals surface area contributed by atoms with Gasteiger partial charge in [-0.3, -0.25) is 4.57 Å². The van der Waals surface area contributed by atoms with Crippen molar-refractivity contribution in [2.45, 2.75) is 76.7 Å². The predicted octanol–water partition coefficient (Wildman–Crippen LogP) is 11.9. The zero-order valence-electron chi connectivity index (χ0n) is 39.2. The SMILES string of the molecule is COc1ccc(C(OC[C@H]2O[C@@H](n3cnc4c(Nc5cc6ccccc6c6ccccc56)ncnc43)C[C@@H]2OP(OCCC#N)N(C(C)C)C(C)C)(c2ccccc2)c2ccc(OC)cc2)cc1. The zero-order chi connectivity index (χ0) is 47.2. The highest BCUT2D eigenvalue weighted by Crippen LogP contribution is 2.51. The van der Waals surface area contributed by atoms with E-state index in [0.29, 0.717) is 23.4 Å². The molecule has 0 aliphatic carbocycles. The molecule has 1 unspecified atom stereocenters. The number of rotatable bonds is 19. The Bertz CT molecular complexity index is 2940. The number of imidazole rings is 1. The highest BCUT2D eigenvalue weighted by atomic mass is 31.2. The van der Waals surface area contributed by atoms with Gasteiger partial charge in [-0.05, 0) is 90.9 Å². The minimum absolute atomic E-state index is 0.0897. The van der Waals surface area contributed by atoms with Crippen LogP contribution in [0, 0.1) is 11.3 Å². The summed E-state index contributed by atoms with van der Waals surface area (Å²) in [6.45, 7) is 8.85. The van der Waals surface area contributed by atoms with E-state index in [1.807, 2.05) is 83.4 Å². The average molecular weight is 930 g/mol. The van der Waals surface area contributed by atoms with E-state index in [2.05, 4.69) is 98.3 Å². The Balaban J connectivity index is 1.11. The third-order valence-electron chi connectivity index (χ3n) is 12.4. The molecule has 1 saturated heterocycles. The van der Waals surface area contributed by atoms with Gasteiger partial charge in [0.15, 0.2) is 17.0 Å². The quantitative estimate of drug-likeness (QED) is 0.0357. The first-order chi connectivity index (χ1) is 33.2. The number of aromatic nitrogens is 4. The molecule has 1 aliphatic heterocycles. The fourth-order valence-electron chi connectivity index (χ4n) is 9.26. The van der Waals surface area contributed by atoms with E-state index in [4.69, 9.17) is 42.9 Å². The minimum Gasteiger partial charge on any atom is -0.497 e. The second kappa shape index (κ2) is 20.8. The lowest BCUT2D eigenvalue weighted by atomic mass is 9.80. The molecule has 0 bridgehead atoms. The van der Waals surface area contributed by atoms with Crippen LogP contribution in [0.1, 0.15) is 63.5 Å². The summed E-state index contributed by atoms with van der Waals surface area (Å²) in [5.74, 6) is 2.03. The molecule has 68 heavy (non-hydrogen) atoms. The summed E-state index contributed by atoms with van der Waals surface area (Å²) in [4.78, 5) is 14.4. The van der Waals surface area contributed by atoms with Crippen LogP contribution in [0.5, 0.6) is 11.5 Å². The Morgan fingerprint density at radius 1 is 0.779 bits per heavy atom. The molecule has 6 aromatic carbocycles. The number of fused-ring (bicyclic) bond motifs is 4. The molecule has 3 heterocycles. The van der Waals surface area contributed by atoms with Crippen LogP contribution in [0.2, 0.25) is 0 Å². The normalized spacial score (nSPS) is 16.8. The molecule has 8 aromatic rings. The highest BCUT2D eigenvalue weighted by Gasteiger charge is 2.45. The second-order valence-corrected chi connectivity index (χ2v) is 18.6. The lowest BCUT2D eigenvalue weighted by Gasteiger charge is -2.39. The number of hydrogen-bond acceptors (Lipinski definition) is 12. The van der Waals surface area contributed by atoms with Crippen LogP contribution in [0.15, 0.2) is 146 Å². The molecule has 4 atom stereocenters. The number of hydrogen-bond donors (Lipinski definition) is 1. The van der Waals surface area contributed by atoms with Crippen molar-refractivity contribution in [1.82, 2.24) is 24.2 Å². The summed E-state index contributed by atoms with van der Waals surface area (Å²) in [5, 5.41) is 17.6. The number of ether oxygens (including phenoxy) is 4. The van der Waals surface area contributed by atoms with E-state index in [0.717, 1.165) is 50.0 Å². The van der Waals surface area contributed by atoms with E-state index in [1.165, 1.54) is 5.39 Å². The number of nitrogens with zero attached hydrogens (tertiary/aromatic N) is 6. The fourth-order valence-corrected chi connectivity index (χ4v) is 11.0. The Hall–Kier alpha value is -6.49. The van der Waals surface area contributed by atoms with Gasteiger partial charge in [0.25, 0.3) is 8.53 Å². The summed E-state index contributed by atoms with van der Waals surface area (Å²) in [6.07, 6.45) is 2.29. The molecule has 0 spiro atoms. The molecule has 1 aliphatic rings. The van der Waals surface area contributed by atoms with Crippen LogP contribution in [0.3, 0.4) is 0 Å². The lowest BCUT2D eigenvalue weighted by molar-refractivity contribution is -0.0912. The number of nitriles is 1. The third kappa shape index (κ3) is 9.36. The summed E-state index contributed by atoms with van der Waals surface area (Å²) in [6, 6.07) is 47.4. The van der Waals surface area contributed by atoms with Gasteiger partial charge in [0.2, 0.25) is 0 Å². The molecule has 13 nitrogen and oxygen atoms in total. The van der Waals surface area contributed by atoms with Gasteiger partial charge in [-0.1, -0.05) is 103 Å². The van der Waals surface area contributed by atoms with E-state index in [-0.39, 0.29) is 31.7 Å². The molecule has 1 fully saturated rings. The van der Waals surface area contributed by atoms with Gasteiger partial charge < -0.3 is 33.3 Å². The van der Waals surface area contributed by atoms with Gasteiger partial charge >= 0.3 is 0 Å². The highest BCUT2D eigenvalue weighted by molar-refractivity contribution is 7.44.